The quantitative estimate of drug-likeness (QED) is 0.168. The molecule has 1 atom stereocenters. The zero-order valence-corrected chi connectivity index (χ0v) is 25.4. The lowest BCUT2D eigenvalue weighted by molar-refractivity contribution is -0.141. The van der Waals surface area contributed by atoms with Crippen molar-refractivity contribution >= 4 is 35.6 Å². The van der Waals surface area contributed by atoms with E-state index in [9.17, 15) is 14.7 Å². The van der Waals surface area contributed by atoms with Crippen LogP contribution in [0.15, 0.2) is 78.9 Å². The van der Waals surface area contributed by atoms with Gasteiger partial charge in [0, 0.05) is 51.4 Å². The van der Waals surface area contributed by atoms with Crippen LogP contribution < -0.4 is 16.0 Å². The van der Waals surface area contributed by atoms with Gasteiger partial charge in [0.05, 0.1) is 18.7 Å². The topological polar surface area (TPSA) is 169 Å². The number of hydrogen-bond donors (Lipinski definition) is 4. The van der Waals surface area contributed by atoms with Gasteiger partial charge in [-0.15, -0.1) is 0 Å². The number of methoxy groups -OCH3 is 1. The zero-order chi connectivity index (χ0) is 32.3. The van der Waals surface area contributed by atoms with Gasteiger partial charge in [-0.3, -0.25) is 4.90 Å². The fourth-order valence-electron chi connectivity index (χ4n) is 5.03. The molecule has 0 radical (unpaired) electrons. The van der Waals surface area contributed by atoms with Crippen LogP contribution in [0.2, 0.25) is 0 Å². The van der Waals surface area contributed by atoms with Gasteiger partial charge in [-0.25, -0.2) is 9.59 Å². The van der Waals surface area contributed by atoms with Crippen molar-refractivity contribution in [2.24, 2.45) is 0 Å². The first-order valence-electron chi connectivity index (χ1n) is 14.8. The van der Waals surface area contributed by atoms with Gasteiger partial charge in [0.25, 0.3) is 0 Å². The van der Waals surface area contributed by atoms with Gasteiger partial charge >= 0.3 is 12.1 Å². The predicted octanol–water partition coefficient (Wildman–Crippen LogP) is 4.09. The number of nitrogens with zero attached hydrogens (tertiary/aromatic N) is 6. The maximum atomic E-state index is 12.8. The Balaban J connectivity index is 1.35. The largest absolute Gasteiger partial charge is 0.467 e. The summed E-state index contributed by atoms with van der Waals surface area (Å²) in [4.78, 5) is 41.4. The summed E-state index contributed by atoms with van der Waals surface area (Å²) in [6.45, 7) is 3.42. The number of rotatable bonds is 12. The Kier molecular flexibility index (Phi) is 10.5. The fourth-order valence-corrected chi connectivity index (χ4v) is 5.03. The number of nitriles is 1. The van der Waals surface area contributed by atoms with Crippen molar-refractivity contribution in [2.75, 3.05) is 49.2 Å². The number of carbonyl (C=O) groups is 2. The minimum Gasteiger partial charge on any atom is -0.467 e. The van der Waals surface area contributed by atoms with Crippen LogP contribution in [-0.4, -0.2) is 81.3 Å². The smallest absolute Gasteiger partial charge is 0.407 e. The fraction of sp³-hybridized carbons (Fsp3) is 0.273. The molecule has 0 spiro atoms. The Hall–Kier alpha value is -5.74. The molecule has 5 rings (SSSR count). The molecule has 0 aliphatic carbocycles. The molecular weight excluding hydrogens is 586 g/mol. The average molecular weight is 622 g/mol. The van der Waals surface area contributed by atoms with E-state index >= 15 is 0 Å². The molecule has 1 fully saturated rings. The molecule has 4 N–H and O–H groups in total. The van der Waals surface area contributed by atoms with E-state index in [4.69, 9.17) is 10.00 Å². The highest BCUT2D eigenvalue weighted by atomic mass is 16.5. The van der Waals surface area contributed by atoms with Crippen LogP contribution >= 0.6 is 0 Å². The molecule has 0 saturated carbocycles. The number of anilines is 4. The molecule has 46 heavy (non-hydrogen) atoms. The summed E-state index contributed by atoms with van der Waals surface area (Å²) in [7, 11) is 1.32. The number of amides is 1. The third-order valence-corrected chi connectivity index (χ3v) is 7.47. The SMILES string of the molecule is COC(=O)C(Cc1ccc(C#N)cc1)Nc1nc(NCc2ccccc2)nc(Nc2cccc(CN3CCN(C(=O)O)CC3)c2)n1. The van der Waals surface area contributed by atoms with E-state index in [-0.39, 0.29) is 18.3 Å². The molecule has 1 amide bonds. The summed E-state index contributed by atoms with van der Waals surface area (Å²) in [6.07, 6.45) is -0.607. The second-order valence-corrected chi connectivity index (χ2v) is 10.7. The predicted molar refractivity (Wildman–Crippen MR) is 172 cm³/mol. The highest BCUT2D eigenvalue weighted by Gasteiger charge is 2.23. The minimum atomic E-state index is -0.887. The lowest BCUT2D eigenvalue weighted by Crippen LogP contribution is -2.47. The van der Waals surface area contributed by atoms with E-state index in [0.29, 0.717) is 50.8 Å². The number of hydrogen-bond acceptors (Lipinski definition) is 11. The van der Waals surface area contributed by atoms with Crippen molar-refractivity contribution in [3.05, 3.63) is 101 Å². The molecule has 236 valence electrons. The van der Waals surface area contributed by atoms with Gasteiger partial charge in [-0.2, -0.15) is 20.2 Å². The van der Waals surface area contributed by atoms with Gasteiger partial charge in [0.15, 0.2) is 0 Å². The monoisotopic (exact) mass is 621 g/mol. The number of carbonyl (C=O) groups excluding carboxylic acids is 1. The van der Waals surface area contributed by atoms with Crippen molar-refractivity contribution in [1.29, 1.82) is 5.26 Å². The highest BCUT2D eigenvalue weighted by molar-refractivity contribution is 5.79. The number of benzene rings is 3. The average Bonchev–Trinajstić information content (AvgIpc) is 3.08. The molecule has 2 heterocycles. The summed E-state index contributed by atoms with van der Waals surface area (Å²) in [5, 5.41) is 28.0. The first kappa shape index (κ1) is 31.7. The highest BCUT2D eigenvalue weighted by Crippen LogP contribution is 2.20. The number of piperazine rings is 1. The molecule has 1 aliphatic heterocycles. The summed E-state index contributed by atoms with van der Waals surface area (Å²) in [6, 6.07) is 26.0. The maximum Gasteiger partial charge on any atom is 0.407 e. The van der Waals surface area contributed by atoms with Gasteiger partial charge in [0.1, 0.15) is 6.04 Å². The van der Waals surface area contributed by atoms with E-state index in [2.05, 4.69) is 41.9 Å². The molecule has 4 aromatic rings. The summed E-state index contributed by atoms with van der Waals surface area (Å²) in [5.74, 6) is 0.250. The molecule has 1 unspecified atom stereocenters. The van der Waals surface area contributed by atoms with Crippen LogP contribution in [0, 0.1) is 11.3 Å². The van der Waals surface area contributed by atoms with E-state index < -0.39 is 18.1 Å². The normalized spacial score (nSPS) is 13.7. The Bertz CT molecular complexity index is 1670. The van der Waals surface area contributed by atoms with Gasteiger partial charge in [0.2, 0.25) is 17.8 Å². The standard InChI is InChI=1S/C33H35N9O4/c1-46-29(43)28(19-23-10-12-24(20-34)13-11-23)37-32-39-30(35-21-25-6-3-2-4-7-25)38-31(40-32)36-27-9-5-8-26(18-27)22-41-14-16-42(17-15-41)33(44)45/h2-13,18,28H,14-17,19,21-22H2,1H3,(H,44,45)(H3,35,36,37,38,39,40). The summed E-state index contributed by atoms with van der Waals surface area (Å²) >= 11 is 0. The number of nitrogens with one attached hydrogen (secondary N) is 3. The van der Waals surface area contributed by atoms with Crippen molar-refractivity contribution in [3.63, 3.8) is 0 Å². The molecule has 1 aromatic heterocycles. The van der Waals surface area contributed by atoms with Crippen LogP contribution in [0.4, 0.5) is 28.3 Å². The zero-order valence-electron chi connectivity index (χ0n) is 25.4. The Morgan fingerprint density at radius 2 is 1.59 bits per heavy atom. The second-order valence-electron chi connectivity index (χ2n) is 10.7. The number of aromatic nitrogens is 3. The molecule has 13 nitrogen and oxygen atoms in total. The van der Waals surface area contributed by atoms with Crippen molar-refractivity contribution < 1.29 is 19.4 Å². The van der Waals surface area contributed by atoms with Crippen LogP contribution in [-0.2, 0) is 29.0 Å². The summed E-state index contributed by atoms with van der Waals surface area (Å²) in [5.41, 5.74) is 4.21. The lowest BCUT2D eigenvalue weighted by atomic mass is 10.0. The van der Waals surface area contributed by atoms with Gasteiger partial charge in [-0.05, 0) is 41.0 Å². The first-order valence-corrected chi connectivity index (χ1v) is 14.8. The maximum absolute atomic E-state index is 12.8. The molecule has 0 bridgehead atoms. The molecule has 1 aliphatic rings. The van der Waals surface area contributed by atoms with E-state index in [0.717, 1.165) is 22.4 Å². The third kappa shape index (κ3) is 8.90. The summed E-state index contributed by atoms with van der Waals surface area (Å²) < 4.78 is 5.06. The number of esters is 1. The molecule has 3 aromatic carbocycles. The van der Waals surface area contributed by atoms with Crippen LogP contribution in [0.1, 0.15) is 22.3 Å². The third-order valence-electron chi connectivity index (χ3n) is 7.47. The van der Waals surface area contributed by atoms with Crippen molar-refractivity contribution in [2.45, 2.75) is 25.6 Å². The van der Waals surface area contributed by atoms with E-state index in [1.807, 2.05) is 54.6 Å². The molecule has 1 saturated heterocycles. The van der Waals surface area contributed by atoms with Crippen LogP contribution in [0.3, 0.4) is 0 Å². The minimum absolute atomic E-state index is 0.171. The van der Waals surface area contributed by atoms with Gasteiger partial charge < -0.3 is 30.7 Å². The van der Waals surface area contributed by atoms with Gasteiger partial charge in [-0.1, -0.05) is 54.6 Å². The Labute approximate surface area is 266 Å². The Morgan fingerprint density at radius 1 is 0.891 bits per heavy atom. The number of carboxylic acid groups (broad SMARTS) is 1. The molecule has 13 heteroatoms. The first-order chi connectivity index (χ1) is 22.4. The van der Waals surface area contributed by atoms with E-state index in [1.165, 1.54) is 12.0 Å². The lowest BCUT2D eigenvalue weighted by Gasteiger charge is -2.33. The van der Waals surface area contributed by atoms with Crippen molar-refractivity contribution in [3.8, 4) is 6.07 Å². The molecular formula is C33H35N9O4. The van der Waals surface area contributed by atoms with Crippen LogP contribution in [0.5, 0.6) is 0 Å². The number of ether oxygens (including phenoxy) is 1. The second kappa shape index (κ2) is 15.3. The van der Waals surface area contributed by atoms with E-state index in [1.54, 1.807) is 24.3 Å². The Morgan fingerprint density at radius 3 is 2.28 bits per heavy atom. The van der Waals surface area contributed by atoms with Crippen LogP contribution in [0.25, 0.3) is 0 Å². The van der Waals surface area contributed by atoms with Crippen molar-refractivity contribution in [1.82, 2.24) is 24.8 Å².